The largest absolute Gasteiger partial charge is 0.496 e. The quantitative estimate of drug-likeness (QED) is 0.102. The molecule has 1 aromatic heterocycles. The smallest absolute Gasteiger partial charge is 0.344 e. The fourth-order valence-electron chi connectivity index (χ4n) is 13.8. The van der Waals surface area contributed by atoms with Gasteiger partial charge in [-0.15, -0.1) is 0 Å². The van der Waals surface area contributed by atoms with Gasteiger partial charge in [0.2, 0.25) is 5.60 Å². The minimum Gasteiger partial charge on any atom is -0.496 e. The third-order valence-electron chi connectivity index (χ3n) is 15.9. The molecule has 3 fully saturated rings. The van der Waals surface area contributed by atoms with Gasteiger partial charge in [0.05, 0.1) is 38.1 Å². The minimum atomic E-state index is -2.30. The van der Waals surface area contributed by atoms with E-state index >= 15 is 4.79 Å². The van der Waals surface area contributed by atoms with E-state index in [-0.39, 0.29) is 12.0 Å². The van der Waals surface area contributed by atoms with Gasteiger partial charge in [-0.3, -0.25) is 14.5 Å². The lowest BCUT2D eigenvalue weighted by atomic mass is 9.47. The van der Waals surface area contributed by atoms with Crippen molar-refractivity contribution in [2.45, 2.75) is 99.5 Å². The average molecular weight is 852 g/mol. The van der Waals surface area contributed by atoms with Gasteiger partial charge in [-0.1, -0.05) is 44.2 Å². The van der Waals surface area contributed by atoms with Crippen LogP contribution in [0.2, 0.25) is 0 Å². The second kappa shape index (κ2) is 14.8. The Morgan fingerprint density at radius 2 is 1.79 bits per heavy atom. The number of carbonyl (C=O) groups is 3. The number of benzene rings is 2. The number of methoxy groups -OCH3 is 3. The van der Waals surface area contributed by atoms with Crippen molar-refractivity contribution in [1.82, 2.24) is 14.8 Å². The van der Waals surface area contributed by atoms with Gasteiger partial charge in [-0.05, 0) is 86.5 Å². The van der Waals surface area contributed by atoms with E-state index in [1.165, 1.54) is 21.1 Å². The Morgan fingerprint density at radius 1 is 1.02 bits per heavy atom. The number of thiocarbonyl (C=S) groups is 1. The Labute approximate surface area is 362 Å². The molecule has 13 nitrogen and oxygen atoms in total. The lowest BCUT2D eigenvalue weighted by molar-refractivity contribution is -0.228. The molecular weight excluding hydrogens is 795 g/mol. The molecule has 14 heteroatoms. The van der Waals surface area contributed by atoms with E-state index in [4.69, 9.17) is 36.2 Å². The van der Waals surface area contributed by atoms with E-state index in [0.717, 1.165) is 59.5 Å². The standard InChI is InChI=1S/C47H57N5O8S/c1-8-43(48-27-61)23-29-24-46(41(54)58-6,37-31(15-19-51(25-29)26-43)30-13-10-11-14-34(30)49-37)33-21-32-35(22-36(33)57-5)50(4)39-45(32)17-20-52-18-12-16-44(9-2,38(45)52)40(60-28(3)53)47(39,56)42(55)59-7/h10-14,16,21-22,29,38-40,49,56H,8-9,15,17-20,23-26H2,1-7H3/t29-,38+,39-,40-,43+,44-,45-,46+,47+/m1/s1. The van der Waals surface area contributed by atoms with E-state index in [0.29, 0.717) is 56.5 Å². The van der Waals surface area contributed by atoms with Crippen LogP contribution in [0.4, 0.5) is 5.69 Å². The normalized spacial score (nSPS) is 35.9. The van der Waals surface area contributed by atoms with Crippen LogP contribution in [0.1, 0.15) is 75.3 Å². The number of isothiocyanates is 1. The zero-order valence-electron chi connectivity index (χ0n) is 36.2. The van der Waals surface area contributed by atoms with Crippen molar-refractivity contribution in [2.24, 2.45) is 16.3 Å². The number of nitrogens with zero attached hydrogens (tertiary/aromatic N) is 4. The van der Waals surface area contributed by atoms with Gasteiger partial charge in [0.1, 0.15) is 11.2 Å². The molecule has 1 spiro atoms. The fraction of sp³-hybridized carbons (Fsp3) is 0.574. The summed E-state index contributed by atoms with van der Waals surface area (Å²) >= 11 is 5.24. The van der Waals surface area contributed by atoms with Crippen molar-refractivity contribution in [3.63, 3.8) is 0 Å². The molecule has 6 aliphatic rings. The monoisotopic (exact) mass is 851 g/mol. The van der Waals surface area contributed by atoms with Crippen molar-refractivity contribution in [3.05, 3.63) is 70.9 Å². The Morgan fingerprint density at radius 3 is 2.48 bits per heavy atom. The van der Waals surface area contributed by atoms with Gasteiger partial charge < -0.3 is 38.8 Å². The summed E-state index contributed by atoms with van der Waals surface area (Å²) in [6.07, 6.45) is 6.41. The molecule has 1 unspecified atom stereocenters. The molecule has 3 aromatic rings. The van der Waals surface area contributed by atoms with Crippen LogP contribution in [0.5, 0.6) is 5.75 Å². The van der Waals surface area contributed by atoms with Crippen molar-refractivity contribution < 1.29 is 38.4 Å². The summed E-state index contributed by atoms with van der Waals surface area (Å²) < 4.78 is 24.1. The van der Waals surface area contributed by atoms with Gasteiger partial charge in [0, 0.05) is 90.9 Å². The molecule has 9 rings (SSSR count). The molecule has 2 saturated heterocycles. The number of fused-ring (bicyclic) bond motifs is 6. The van der Waals surface area contributed by atoms with Crippen LogP contribution in [-0.2, 0) is 45.8 Å². The third kappa shape index (κ3) is 5.51. The summed E-state index contributed by atoms with van der Waals surface area (Å²) in [5.74, 6) is -1.44. The zero-order chi connectivity index (χ0) is 43.3. The first-order chi connectivity index (χ1) is 29.3. The number of aromatic nitrogens is 1. The maximum Gasteiger partial charge on any atom is 0.344 e. The number of piperidine rings is 1. The van der Waals surface area contributed by atoms with Gasteiger partial charge in [0.25, 0.3) is 0 Å². The number of nitrogens with one attached hydrogen (secondary N) is 1. The molecule has 1 aliphatic carbocycles. The molecule has 5 aliphatic heterocycles. The van der Waals surface area contributed by atoms with Crippen LogP contribution in [-0.4, -0.2) is 133 Å². The summed E-state index contributed by atoms with van der Waals surface area (Å²) in [6, 6.07) is 11.1. The SMILES string of the molecule is CC[C@]1(N=C=S)C[C@H]2CN(CCc3c([nH]c4ccccc34)[C@@](C(=O)OC)(c3cc4c(cc3OC)N(C)[C@H]3[C@@](O)(C(=O)OC)[C@H](OC(C)=O)[C@]5(CC)C=CCN6CC[C@]43[C@@H]65)C2)C1. The molecule has 6 heterocycles. The van der Waals surface area contributed by atoms with Gasteiger partial charge in [-0.25, -0.2) is 9.79 Å². The number of hydrogen-bond acceptors (Lipinski definition) is 13. The Bertz CT molecular complexity index is 2400. The summed E-state index contributed by atoms with van der Waals surface area (Å²) in [5, 5.41) is 17.1. The maximum absolute atomic E-state index is 15.5. The zero-order valence-corrected chi connectivity index (χ0v) is 37.0. The summed E-state index contributed by atoms with van der Waals surface area (Å²) in [7, 11) is 6.20. The predicted molar refractivity (Wildman–Crippen MR) is 233 cm³/mol. The molecule has 0 radical (unpaired) electrons. The Hall–Kier alpha value is -4.59. The highest BCUT2D eigenvalue weighted by Crippen LogP contribution is 2.68. The number of anilines is 1. The highest BCUT2D eigenvalue weighted by atomic mass is 32.1. The molecule has 324 valence electrons. The number of para-hydroxylation sites is 1. The number of ether oxygens (including phenoxy) is 4. The van der Waals surface area contributed by atoms with Crippen LogP contribution >= 0.6 is 12.2 Å². The Kier molecular flexibility index (Phi) is 10.1. The van der Waals surface area contributed by atoms with E-state index < -0.39 is 57.4 Å². The number of hydrogen-bond donors (Lipinski definition) is 2. The first-order valence-electron chi connectivity index (χ1n) is 21.6. The van der Waals surface area contributed by atoms with Crippen LogP contribution in [0.25, 0.3) is 10.9 Å². The lowest BCUT2D eigenvalue weighted by Gasteiger charge is -2.63. The first-order valence-corrected chi connectivity index (χ1v) is 22.0. The van der Waals surface area contributed by atoms with Crippen molar-refractivity contribution in [2.75, 3.05) is 66.0 Å². The van der Waals surface area contributed by atoms with Crippen molar-refractivity contribution in [3.8, 4) is 5.75 Å². The highest BCUT2D eigenvalue weighted by molar-refractivity contribution is 7.78. The number of aromatic amines is 1. The second-order valence-corrected chi connectivity index (χ2v) is 18.6. The molecule has 61 heavy (non-hydrogen) atoms. The molecule has 10 atom stereocenters. The minimum absolute atomic E-state index is 0.0226. The summed E-state index contributed by atoms with van der Waals surface area (Å²) in [4.78, 5) is 58.4. The number of carbonyl (C=O) groups excluding carboxylic acids is 3. The van der Waals surface area contributed by atoms with E-state index in [9.17, 15) is 14.7 Å². The summed E-state index contributed by atoms with van der Waals surface area (Å²) in [6.45, 7) is 9.04. The second-order valence-electron chi connectivity index (χ2n) is 18.4. The summed E-state index contributed by atoms with van der Waals surface area (Å²) in [5.41, 5.74) is -1.04. The number of aliphatic imine (C=N–C) groups is 1. The van der Waals surface area contributed by atoms with Crippen LogP contribution in [0.3, 0.4) is 0 Å². The molecule has 0 amide bonds. The number of rotatable bonds is 8. The number of H-pyrrole nitrogens is 1. The van der Waals surface area contributed by atoms with Crippen LogP contribution in [0.15, 0.2) is 53.5 Å². The molecular formula is C47H57N5O8S. The number of likely N-dealkylation sites (N-methyl/N-ethyl adjacent to an activating group) is 1. The maximum atomic E-state index is 15.5. The van der Waals surface area contributed by atoms with E-state index in [1.807, 2.05) is 37.1 Å². The molecule has 2 N–H and O–H groups in total. The van der Waals surface area contributed by atoms with Crippen LogP contribution < -0.4 is 9.64 Å². The topological polar surface area (TPSA) is 146 Å². The van der Waals surface area contributed by atoms with E-state index in [1.54, 1.807) is 7.11 Å². The molecule has 1 saturated carbocycles. The van der Waals surface area contributed by atoms with E-state index in [2.05, 4.69) is 57.2 Å². The third-order valence-corrected chi connectivity index (χ3v) is 16.0. The number of aliphatic hydroxyl groups is 1. The average Bonchev–Trinajstić information content (AvgIpc) is 3.92. The van der Waals surface area contributed by atoms with Gasteiger partial charge >= 0.3 is 17.9 Å². The fourth-order valence-corrected chi connectivity index (χ4v) is 14.0. The first kappa shape index (κ1) is 41.7. The van der Waals surface area contributed by atoms with Gasteiger partial charge in [-0.2, -0.15) is 0 Å². The van der Waals surface area contributed by atoms with Gasteiger partial charge in [0.15, 0.2) is 6.10 Å². The van der Waals surface area contributed by atoms with Crippen molar-refractivity contribution in [1.29, 1.82) is 0 Å². The number of esters is 3. The van der Waals surface area contributed by atoms with Crippen LogP contribution in [0, 0.1) is 11.3 Å². The lowest BCUT2D eigenvalue weighted by Crippen LogP contribution is -2.81. The highest BCUT2D eigenvalue weighted by Gasteiger charge is 2.80. The molecule has 2 aromatic carbocycles. The predicted octanol–water partition coefficient (Wildman–Crippen LogP) is 5.10. The Balaban J connectivity index is 1.36. The molecule has 2 bridgehead atoms. The van der Waals surface area contributed by atoms with Crippen molar-refractivity contribution >= 4 is 51.9 Å².